The molecule has 1 aromatic rings. The van der Waals surface area contributed by atoms with Crippen molar-refractivity contribution in [2.24, 2.45) is 5.14 Å². The van der Waals surface area contributed by atoms with E-state index in [2.05, 4.69) is 5.32 Å². The van der Waals surface area contributed by atoms with E-state index in [-0.39, 0.29) is 17.4 Å². The van der Waals surface area contributed by atoms with Crippen molar-refractivity contribution >= 4 is 15.9 Å². The Balaban J connectivity index is 2.69. The summed E-state index contributed by atoms with van der Waals surface area (Å²) in [4.78, 5) is 10.9. The summed E-state index contributed by atoms with van der Waals surface area (Å²) >= 11 is 0. The van der Waals surface area contributed by atoms with Gasteiger partial charge in [0.25, 0.3) is 5.91 Å². The quantitative estimate of drug-likeness (QED) is 0.743. The number of amides is 1. The first-order chi connectivity index (χ1) is 7.43. The molecule has 1 amide bonds. The first-order valence-electron chi connectivity index (χ1n) is 4.40. The van der Waals surface area contributed by atoms with Crippen LogP contribution >= 0.6 is 0 Å². The molecule has 0 aliphatic rings. The number of sulfonamides is 1. The lowest BCUT2D eigenvalue weighted by Gasteiger charge is -2.05. The molecule has 0 aromatic heterocycles. The number of benzene rings is 1. The van der Waals surface area contributed by atoms with Crippen LogP contribution in [-0.2, 0) is 14.8 Å². The SMILES string of the molecule is CNC(=O)COc1ccc(S(N)(=O)=O)cc1. The predicted octanol–water partition coefficient (Wildman–Crippen LogP) is -0.541. The summed E-state index contributed by atoms with van der Waals surface area (Å²) in [6.07, 6.45) is 0. The molecule has 88 valence electrons. The maximum atomic E-state index is 10.9. The van der Waals surface area contributed by atoms with Crippen LogP contribution in [0.3, 0.4) is 0 Å². The molecule has 0 bridgehead atoms. The van der Waals surface area contributed by atoms with E-state index < -0.39 is 10.0 Å². The Hall–Kier alpha value is -1.60. The standard InChI is InChI=1S/C9H12N2O4S/c1-11-9(12)6-15-7-2-4-8(5-3-7)16(10,13)14/h2-5H,6H2,1H3,(H,11,12)(H2,10,13,14). The number of rotatable bonds is 4. The van der Waals surface area contributed by atoms with Gasteiger partial charge in [0.1, 0.15) is 5.75 Å². The number of ether oxygens (including phenoxy) is 1. The molecule has 0 saturated heterocycles. The van der Waals surface area contributed by atoms with Gasteiger partial charge in [0, 0.05) is 7.05 Å². The Bertz CT molecular complexity index is 467. The van der Waals surface area contributed by atoms with Gasteiger partial charge in [-0.25, -0.2) is 13.6 Å². The lowest BCUT2D eigenvalue weighted by Crippen LogP contribution is -2.24. The van der Waals surface area contributed by atoms with Gasteiger partial charge in [-0.1, -0.05) is 0 Å². The van der Waals surface area contributed by atoms with Crippen LogP contribution in [0.4, 0.5) is 0 Å². The summed E-state index contributed by atoms with van der Waals surface area (Å²) in [5, 5.41) is 7.31. The first kappa shape index (κ1) is 12.5. The molecule has 0 radical (unpaired) electrons. The fourth-order valence-corrected chi connectivity index (χ4v) is 1.46. The molecular weight excluding hydrogens is 232 g/mol. The van der Waals surface area contributed by atoms with E-state index >= 15 is 0 Å². The molecule has 0 aliphatic carbocycles. The highest BCUT2D eigenvalue weighted by atomic mass is 32.2. The molecule has 3 N–H and O–H groups in total. The number of hydrogen-bond acceptors (Lipinski definition) is 4. The van der Waals surface area contributed by atoms with Crippen molar-refractivity contribution in [2.45, 2.75) is 4.90 Å². The van der Waals surface area contributed by atoms with Gasteiger partial charge >= 0.3 is 0 Å². The average molecular weight is 244 g/mol. The highest BCUT2D eigenvalue weighted by Gasteiger charge is 2.07. The van der Waals surface area contributed by atoms with Gasteiger partial charge in [-0.15, -0.1) is 0 Å². The van der Waals surface area contributed by atoms with Gasteiger partial charge in [0.15, 0.2) is 6.61 Å². The van der Waals surface area contributed by atoms with Crippen molar-refractivity contribution in [3.8, 4) is 5.75 Å². The smallest absolute Gasteiger partial charge is 0.257 e. The minimum atomic E-state index is -3.69. The molecule has 0 saturated carbocycles. The summed E-state index contributed by atoms with van der Waals surface area (Å²) < 4.78 is 26.9. The molecule has 0 spiro atoms. The number of likely N-dealkylation sites (N-methyl/N-ethyl adjacent to an activating group) is 1. The Labute approximate surface area is 93.5 Å². The largest absolute Gasteiger partial charge is 0.484 e. The molecule has 7 heteroatoms. The summed E-state index contributed by atoms with van der Waals surface area (Å²) in [5.41, 5.74) is 0. The molecule has 16 heavy (non-hydrogen) atoms. The van der Waals surface area contributed by atoms with Crippen LogP contribution in [0.25, 0.3) is 0 Å². The van der Waals surface area contributed by atoms with E-state index in [0.29, 0.717) is 5.75 Å². The first-order valence-corrected chi connectivity index (χ1v) is 5.94. The molecule has 0 atom stereocenters. The van der Waals surface area contributed by atoms with E-state index in [1.54, 1.807) is 0 Å². The molecule has 6 nitrogen and oxygen atoms in total. The van der Waals surface area contributed by atoms with Gasteiger partial charge in [-0.2, -0.15) is 0 Å². The highest BCUT2D eigenvalue weighted by molar-refractivity contribution is 7.89. The zero-order valence-corrected chi connectivity index (χ0v) is 9.45. The second-order valence-corrected chi connectivity index (χ2v) is 4.54. The number of carbonyl (C=O) groups is 1. The van der Waals surface area contributed by atoms with E-state index in [9.17, 15) is 13.2 Å². The number of primary sulfonamides is 1. The van der Waals surface area contributed by atoms with Crippen molar-refractivity contribution < 1.29 is 17.9 Å². The number of carbonyl (C=O) groups excluding carboxylic acids is 1. The third kappa shape index (κ3) is 3.52. The molecule has 1 aromatic carbocycles. The molecule has 0 heterocycles. The second-order valence-electron chi connectivity index (χ2n) is 2.98. The Kier molecular flexibility index (Phi) is 3.86. The third-order valence-corrected chi connectivity index (χ3v) is 2.73. The van der Waals surface area contributed by atoms with Gasteiger partial charge in [0.2, 0.25) is 10.0 Å². The Morgan fingerprint density at radius 3 is 2.38 bits per heavy atom. The minimum absolute atomic E-state index is 0.000192. The van der Waals surface area contributed by atoms with E-state index in [4.69, 9.17) is 9.88 Å². The Morgan fingerprint density at radius 1 is 1.38 bits per heavy atom. The van der Waals surface area contributed by atoms with Crippen molar-refractivity contribution in [3.63, 3.8) is 0 Å². The normalized spacial score (nSPS) is 10.9. The van der Waals surface area contributed by atoms with Gasteiger partial charge in [-0.3, -0.25) is 4.79 Å². The maximum absolute atomic E-state index is 10.9. The zero-order chi connectivity index (χ0) is 12.2. The topological polar surface area (TPSA) is 98.5 Å². The van der Waals surface area contributed by atoms with Crippen LogP contribution in [0.2, 0.25) is 0 Å². The molecule has 0 unspecified atom stereocenters. The number of hydrogen-bond donors (Lipinski definition) is 2. The zero-order valence-electron chi connectivity index (χ0n) is 8.64. The lowest BCUT2D eigenvalue weighted by atomic mass is 10.3. The third-order valence-electron chi connectivity index (χ3n) is 1.80. The highest BCUT2D eigenvalue weighted by Crippen LogP contribution is 2.14. The number of nitrogens with two attached hydrogens (primary N) is 1. The monoisotopic (exact) mass is 244 g/mol. The molecule has 0 aliphatic heterocycles. The lowest BCUT2D eigenvalue weighted by molar-refractivity contribution is -0.122. The summed E-state index contributed by atoms with van der Waals surface area (Å²) in [7, 11) is -2.19. The van der Waals surface area contributed by atoms with Crippen molar-refractivity contribution in [3.05, 3.63) is 24.3 Å². The summed E-state index contributed by atoms with van der Waals surface area (Å²) in [6.45, 7) is -0.120. The molecule has 0 fully saturated rings. The van der Waals surface area contributed by atoms with Crippen LogP contribution in [-0.4, -0.2) is 28.0 Å². The maximum Gasteiger partial charge on any atom is 0.257 e. The Morgan fingerprint density at radius 2 is 1.94 bits per heavy atom. The van der Waals surface area contributed by atoms with E-state index in [1.807, 2.05) is 0 Å². The van der Waals surface area contributed by atoms with Crippen LogP contribution in [0, 0.1) is 0 Å². The van der Waals surface area contributed by atoms with Gasteiger partial charge in [-0.05, 0) is 24.3 Å². The van der Waals surface area contributed by atoms with Crippen molar-refractivity contribution in [1.29, 1.82) is 0 Å². The van der Waals surface area contributed by atoms with Crippen LogP contribution in [0.1, 0.15) is 0 Å². The fraction of sp³-hybridized carbons (Fsp3) is 0.222. The van der Waals surface area contributed by atoms with E-state index in [1.165, 1.54) is 31.3 Å². The summed E-state index contributed by atoms with van der Waals surface area (Å²) in [6, 6.07) is 5.49. The minimum Gasteiger partial charge on any atom is -0.484 e. The van der Waals surface area contributed by atoms with Crippen LogP contribution in [0.5, 0.6) is 5.75 Å². The number of nitrogens with one attached hydrogen (secondary N) is 1. The van der Waals surface area contributed by atoms with Crippen molar-refractivity contribution in [2.75, 3.05) is 13.7 Å². The van der Waals surface area contributed by atoms with Gasteiger partial charge < -0.3 is 10.1 Å². The fourth-order valence-electron chi connectivity index (χ4n) is 0.947. The van der Waals surface area contributed by atoms with Gasteiger partial charge in [0.05, 0.1) is 4.90 Å². The van der Waals surface area contributed by atoms with Crippen molar-refractivity contribution in [1.82, 2.24) is 5.32 Å². The molecular formula is C9H12N2O4S. The van der Waals surface area contributed by atoms with E-state index in [0.717, 1.165) is 0 Å². The summed E-state index contributed by atoms with van der Waals surface area (Å²) in [5.74, 6) is 0.131. The second kappa shape index (κ2) is 4.95. The average Bonchev–Trinajstić information content (AvgIpc) is 2.25. The predicted molar refractivity (Wildman–Crippen MR) is 57.4 cm³/mol. The van der Waals surface area contributed by atoms with Crippen LogP contribution < -0.4 is 15.2 Å². The molecule has 1 rings (SSSR count). The van der Waals surface area contributed by atoms with Crippen LogP contribution in [0.15, 0.2) is 29.2 Å².